The molecule has 20 heavy (non-hydrogen) atoms. The Morgan fingerprint density at radius 3 is 2.45 bits per heavy atom. The topological polar surface area (TPSA) is 94.8 Å². The van der Waals surface area contributed by atoms with E-state index in [-0.39, 0.29) is 11.3 Å². The van der Waals surface area contributed by atoms with E-state index in [0.717, 1.165) is 0 Å². The second kappa shape index (κ2) is 5.44. The van der Waals surface area contributed by atoms with Gasteiger partial charge in [0.25, 0.3) is 0 Å². The van der Waals surface area contributed by atoms with E-state index in [1.54, 1.807) is 18.2 Å². The van der Waals surface area contributed by atoms with Crippen LogP contribution in [0.1, 0.15) is 5.56 Å². The molecule has 102 valence electrons. The summed E-state index contributed by atoms with van der Waals surface area (Å²) in [6.07, 6.45) is 5.36. The summed E-state index contributed by atoms with van der Waals surface area (Å²) in [4.78, 5) is 22.1. The largest absolute Gasteiger partial charge is 0.507 e. The maximum Gasteiger partial charge on any atom is 0.335 e. The van der Waals surface area contributed by atoms with E-state index < -0.39 is 17.9 Å². The highest BCUT2D eigenvalue weighted by Crippen LogP contribution is 2.27. The lowest BCUT2D eigenvalue weighted by molar-refractivity contribution is -0.139. The monoisotopic (exact) mass is 272 g/mol. The third-order valence-electron chi connectivity index (χ3n) is 2.92. The van der Waals surface area contributed by atoms with Crippen LogP contribution in [0.5, 0.6) is 5.75 Å². The van der Waals surface area contributed by atoms with Gasteiger partial charge in [0.2, 0.25) is 0 Å². The van der Waals surface area contributed by atoms with Crippen molar-refractivity contribution < 1.29 is 24.9 Å². The van der Waals surface area contributed by atoms with Gasteiger partial charge < -0.3 is 15.3 Å². The smallest absolute Gasteiger partial charge is 0.335 e. The van der Waals surface area contributed by atoms with E-state index in [1.807, 2.05) is 0 Å². The van der Waals surface area contributed by atoms with E-state index in [2.05, 4.69) is 0 Å². The number of carboxylic acids is 2. The molecule has 0 aliphatic heterocycles. The fourth-order valence-electron chi connectivity index (χ4n) is 1.91. The zero-order chi connectivity index (χ0) is 14.7. The number of carbonyl (C=O) groups is 2. The van der Waals surface area contributed by atoms with Gasteiger partial charge in [-0.15, -0.1) is 0 Å². The molecule has 1 unspecified atom stereocenters. The first-order chi connectivity index (χ1) is 9.49. The van der Waals surface area contributed by atoms with Crippen LogP contribution in [0.2, 0.25) is 0 Å². The zero-order valence-electron chi connectivity index (χ0n) is 10.4. The molecular formula is C15H12O5. The molecular weight excluding hydrogens is 260 g/mol. The number of phenolic OH excluding ortho intramolecular Hbond substituents is 1. The van der Waals surface area contributed by atoms with Gasteiger partial charge >= 0.3 is 11.9 Å². The lowest BCUT2D eigenvalue weighted by Crippen LogP contribution is -2.16. The Hall–Kier alpha value is -2.82. The molecule has 1 aliphatic carbocycles. The van der Waals surface area contributed by atoms with Crippen molar-refractivity contribution in [3.63, 3.8) is 0 Å². The van der Waals surface area contributed by atoms with Gasteiger partial charge in [-0.3, -0.25) is 4.79 Å². The predicted octanol–water partition coefficient (Wildman–Crippen LogP) is 2.06. The molecule has 0 heterocycles. The van der Waals surface area contributed by atoms with Gasteiger partial charge in [0.1, 0.15) is 11.7 Å². The first-order valence-corrected chi connectivity index (χ1v) is 5.84. The summed E-state index contributed by atoms with van der Waals surface area (Å²) in [5.41, 5.74) is 0.744. The summed E-state index contributed by atoms with van der Waals surface area (Å²) in [5.74, 6) is -3.14. The molecule has 0 saturated carbocycles. The van der Waals surface area contributed by atoms with Gasteiger partial charge in [-0.2, -0.15) is 0 Å². The average molecular weight is 272 g/mol. The summed E-state index contributed by atoms with van der Waals surface area (Å²) < 4.78 is 0. The van der Waals surface area contributed by atoms with Crippen LogP contribution in [0.3, 0.4) is 0 Å². The Bertz CT molecular complexity index is 652. The Morgan fingerprint density at radius 2 is 1.85 bits per heavy atom. The van der Waals surface area contributed by atoms with Crippen LogP contribution in [0.15, 0.2) is 53.6 Å². The summed E-state index contributed by atoms with van der Waals surface area (Å²) in [6, 6.07) is 6.43. The van der Waals surface area contributed by atoms with Crippen LogP contribution < -0.4 is 0 Å². The fourth-order valence-corrected chi connectivity index (χ4v) is 1.91. The number of benzene rings is 1. The van der Waals surface area contributed by atoms with Gasteiger partial charge in [-0.05, 0) is 23.8 Å². The van der Waals surface area contributed by atoms with E-state index in [4.69, 9.17) is 10.2 Å². The Morgan fingerprint density at radius 1 is 1.15 bits per heavy atom. The number of allylic oxidation sites excluding steroid dienone is 1. The number of aromatic hydroxyl groups is 1. The molecule has 0 bridgehead atoms. The highest BCUT2D eigenvalue weighted by molar-refractivity contribution is 5.93. The van der Waals surface area contributed by atoms with Gasteiger partial charge in [0, 0.05) is 5.56 Å². The van der Waals surface area contributed by atoms with Crippen molar-refractivity contribution in [3.8, 4) is 5.75 Å². The summed E-state index contributed by atoms with van der Waals surface area (Å²) >= 11 is 0. The number of rotatable bonds is 3. The molecule has 0 aromatic heterocycles. The summed E-state index contributed by atoms with van der Waals surface area (Å²) in [5, 5.41) is 27.8. The Kier molecular flexibility index (Phi) is 3.70. The van der Waals surface area contributed by atoms with Crippen molar-refractivity contribution in [2.24, 2.45) is 5.92 Å². The molecule has 0 amide bonds. The van der Waals surface area contributed by atoms with Crippen molar-refractivity contribution in [1.29, 1.82) is 0 Å². The molecule has 5 heteroatoms. The maximum atomic E-state index is 11.2. The average Bonchev–Trinajstić information content (AvgIpc) is 2.41. The number of phenols is 1. The molecule has 2 rings (SSSR count). The number of hydrogen-bond donors (Lipinski definition) is 3. The van der Waals surface area contributed by atoms with Crippen molar-refractivity contribution in [2.45, 2.75) is 0 Å². The molecule has 0 saturated heterocycles. The van der Waals surface area contributed by atoms with E-state index >= 15 is 0 Å². The molecule has 1 aromatic rings. The first kappa shape index (κ1) is 13.6. The minimum atomic E-state index is -1.13. The highest BCUT2D eigenvalue weighted by Gasteiger charge is 2.23. The van der Waals surface area contributed by atoms with Crippen molar-refractivity contribution in [3.05, 3.63) is 59.2 Å². The molecule has 1 atom stereocenters. The van der Waals surface area contributed by atoms with Gasteiger partial charge in [0.05, 0.1) is 5.57 Å². The molecule has 0 spiro atoms. The van der Waals surface area contributed by atoms with Crippen molar-refractivity contribution >= 4 is 18.0 Å². The number of para-hydroxylation sites is 1. The standard InChI is InChI=1S/C15H12O5/c16-13-4-2-1-3-9(13)7-11-8-10(14(17)18)5-6-12(11)15(19)20/h1-8,12,16H,(H,17,18)(H,19,20). The minimum absolute atomic E-state index is 0.00367. The van der Waals surface area contributed by atoms with Crippen LogP contribution in [-0.4, -0.2) is 27.3 Å². The Balaban J connectivity index is 2.49. The van der Waals surface area contributed by atoms with Gasteiger partial charge in [0.15, 0.2) is 0 Å². The lowest BCUT2D eigenvalue weighted by atomic mass is 9.89. The van der Waals surface area contributed by atoms with Crippen LogP contribution in [-0.2, 0) is 9.59 Å². The van der Waals surface area contributed by atoms with Crippen LogP contribution in [0.4, 0.5) is 0 Å². The van der Waals surface area contributed by atoms with Crippen LogP contribution in [0, 0.1) is 5.92 Å². The fraction of sp³-hybridized carbons (Fsp3) is 0.0667. The normalized spacial score (nSPS) is 19.7. The van der Waals surface area contributed by atoms with E-state index in [9.17, 15) is 14.7 Å². The third-order valence-corrected chi connectivity index (χ3v) is 2.92. The van der Waals surface area contributed by atoms with E-state index in [0.29, 0.717) is 11.1 Å². The predicted molar refractivity (Wildman–Crippen MR) is 72.1 cm³/mol. The molecule has 0 fully saturated rings. The van der Waals surface area contributed by atoms with Crippen molar-refractivity contribution in [2.75, 3.05) is 0 Å². The van der Waals surface area contributed by atoms with Gasteiger partial charge in [-0.25, -0.2) is 4.79 Å². The summed E-state index contributed by atoms with van der Waals surface area (Å²) in [7, 11) is 0. The van der Waals surface area contributed by atoms with Crippen molar-refractivity contribution in [1.82, 2.24) is 0 Å². The minimum Gasteiger partial charge on any atom is -0.507 e. The first-order valence-electron chi connectivity index (χ1n) is 5.84. The van der Waals surface area contributed by atoms with Crippen LogP contribution in [0.25, 0.3) is 6.08 Å². The zero-order valence-corrected chi connectivity index (χ0v) is 10.4. The second-order valence-corrected chi connectivity index (χ2v) is 4.28. The van der Waals surface area contributed by atoms with Crippen LogP contribution >= 0.6 is 0 Å². The summed E-state index contributed by atoms with van der Waals surface area (Å²) in [6.45, 7) is 0. The molecule has 0 radical (unpaired) electrons. The SMILES string of the molecule is O=C(O)C1=CC(=Cc2ccccc2O)C(C(=O)O)C=C1. The highest BCUT2D eigenvalue weighted by atomic mass is 16.4. The maximum absolute atomic E-state index is 11.2. The molecule has 3 N–H and O–H groups in total. The quantitative estimate of drug-likeness (QED) is 0.782. The third kappa shape index (κ3) is 2.77. The molecule has 1 aliphatic rings. The second-order valence-electron chi connectivity index (χ2n) is 4.28. The Labute approximate surface area is 114 Å². The molecule has 1 aromatic carbocycles. The lowest BCUT2D eigenvalue weighted by Gasteiger charge is -2.15. The molecule has 5 nitrogen and oxygen atoms in total. The number of aliphatic carboxylic acids is 2. The number of hydrogen-bond acceptors (Lipinski definition) is 3. The van der Waals surface area contributed by atoms with Gasteiger partial charge in [-0.1, -0.05) is 30.4 Å². The van der Waals surface area contributed by atoms with E-state index in [1.165, 1.54) is 30.4 Å². The number of carboxylic acid groups (broad SMARTS) is 2.